The summed E-state index contributed by atoms with van der Waals surface area (Å²) in [5, 5.41) is 9.51. The molecule has 90 valence electrons. The second-order valence-electron chi connectivity index (χ2n) is 4.37. The van der Waals surface area contributed by atoms with Gasteiger partial charge >= 0.3 is 0 Å². The van der Waals surface area contributed by atoms with Crippen LogP contribution in [0.4, 0.5) is 11.6 Å². The van der Waals surface area contributed by atoms with Gasteiger partial charge in [0, 0.05) is 25.5 Å². The first-order chi connectivity index (χ1) is 8.24. The van der Waals surface area contributed by atoms with Gasteiger partial charge in [-0.05, 0) is 12.8 Å². The molecule has 2 aromatic heterocycles. The molecule has 17 heavy (non-hydrogen) atoms. The van der Waals surface area contributed by atoms with Gasteiger partial charge in [-0.15, -0.1) is 0 Å². The van der Waals surface area contributed by atoms with Crippen molar-refractivity contribution in [2.75, 3.05) is 23.7 Å². The van der Waals surface area contributed by atoms with Gasteiger partial charge in [0.1, 0.15) is 5.82 Å². The quantitative estimate of drug-likeness (QED) is 0.739. The van der Waals surface area contributed by atoms with E-state index in [1.165, 1.54) is 0 Å². The third kappa shape index (κ3) is 1.80. The molecule has 0 unspecified atom stereocenters. The van der Waals surface area contributed by atoms with Crippen LogP contribution < -0.4 is 10.6 Å². The molecular weight excluding hydrogens is 218 g/mol. The summed E-state index contributed by atoms with van der Waals surface area (Å²) in [4.78, 5) is 10.8. The number of imidazole rings is 1. The molecule has 0 amide bonds. The van der Waals surface area contributed by atoms with Gasteiger partial charge in [0.15, 0.2) is 11.5 Å². The minimum absolute atomic E-state index is 0.192. The van der Waals surface area contributed by atoms with E-state index in [0.29, 0.717) is 5.82 Å². The monoisotopic (exact) mass is 233 g/mol. The molecule has 0 atom stereocenters. The van der Waals surface area contributed by atoms with Crippen LogP contribution in [0.3, 0.4) is 0 Å². The van der Waals surface area contributed by atoms with Gasteiger partial charge in [0.05, 0.1) is 12.3 Å². The third-order valence-corrected chi connectivity index (χ3v) is 3.14. The number of nitrogens with two attached hydrogens (primary N) is 1. The summed E-state index contributed by atoms with van der Waals surface area (Å²) in [7, 11) is 0. The van der Waals surface area contributed by atoms with Crippen molar-refractivity contribution >= 4 is 17.3 Å². The first kappa shape index (κ1) is 10.3. The smallest absolute Gasteiger partial charge is 0.180 e. The number of anilines is 2. The summed E-state index contributed by atoms with van der Waals surface area (Å²) < 4.78 is 1.88. The summed E-state index contributed by atoms with van der Waals surface area (Å²) >= 11 is 0. The zero-order chi connectivity index (χ0) is 11.8. The zero-order valence-electron chi connectivity index (χ0n) is 9.45. The number of nitrogens with zero attached hydrogens (tertiary/aromatic N) is 4. The largest absolute Gasteiger partial charge is 0.393 e. The summed E-state index contributed by atoms with van der Waals surface area (Å²) in [5.74, 6) is 1.29. The van der Waals surface area contributed by atoms with Crippen LogP contribution in [-0.2, 0) is 0 Å². The highest BCUT2D eigenvalue weighted by Crippen LogP contribution is 2.23. The van der Waals surface area contributed by atoms with Gasteiger partial charge in [-0.25, -0.2) is 9.97 Å². The molecule has 3 heterocycles. The van der Waals surface area contributed by atoms with E-state index in [0.717, 1.165) is 37.4 Å². The van der Waals surface area contributed by atoms with Crippen LogP contribution in [0.25, 0.3) is 5.65 Å². The Morgan fingerprint density at radius 3 is 2.88 bits per heavy atom. The van der Waals surface area contributed by atoms with Gasteiger partial charge in [-0.1, -0.05) is 0 Å². The molecule has 1 aliphatic heterocycles. The normalized spacial score (nSPS) is 17.8. The lowest BCUT2D eigenvalue weighted by Crippen LogP contribution is -2.36. The fraction of sp³-hybridized carbons (Fsp3) is 0.455. The predicted molar refractivity (Wildman–Crippen MR) is 64.9 cm³/mol. The maximum absolute atomic E-state index is 9.51. The second kappa shape index (κ2) is 3.89. The molecule has 0 aliphatic carbocycles. The Morgan fingerprint density at radius 1 is 1.35 bits per heavy atom. The number of aliphatic hydroxyl groups excluding tert-OH is 1. The third-order valence-electron chi connectivity index (χ3n) is 3.14. The highest BCUT2D eigenvalue weighted by Gasteiger charge is 2.20. The molecule has 0 radical (unpaired) electrons. The van der Waals surface area contributed by atoms with Crippen LogP contribution in [0, 0.1) is 0 Å². The van der Waals surface area contributed by atoms with E-state index in [9.17, 15) is 5.11 Å². The first-order valence-corrected chi connectivity index (χ1v) is 5.76. The van der Waals surface area contributed by atoms with Gasteiger partial charge in [-0.2, -0.15) is 0 Å². The average molecular weight is 233 g/mol. The van der Waals surface area contributed by atoms with E-state index in [1.54, 1.807) is 12.4 Å². The number of hydrogen-bond donors (Lipinski definition) is 2. The number of fused-ring (bicyclic) bond motifs is 1. The Kier molecular flexibility index (Phi) is 2.36. The SMILES string of the molecule is Nc1cn2ccnc2c(N2CCC(O)CC2)n1. The van der Waals surface area contributed by atoms with E-state index >= 15 is 0 Å². The summed E-state index contributed by atoms with van der Waals surface area (Å²) in [6, 6.07) is 0. The van der Waals surface area contributed by atoms with E-state index in [2.05, 4.69) is 14.9 Å². The predicted octanol–water partition coefficient (Wildman–Crippen LogP) is 0.273. The highest BCUT2D eigenvalue weighted by atomic mass is 16.3. The molecule has 0 bridgehead atoms. The van der Waals surface area contributed by atoms with Gasteiger partial charge in [0.25, 0.3) is 0 Å². The highest BCUT2D eigenvalue weighted by molar-refractivity contribution is 5.66. The van der Waals surface area contributed by atoms with E-state index < -0.39 is 0 Å². The molecule has 1 fully saturated rings. The van der Waals surface area contributed by atoms with Crippen LogP contribution in [0.2, 0.25) is 0 Å². The van der Waals surface area contributed by atoms with Crippen molar-refractivity contribution in [2.24, 2.45) is 0 Å². The number of aromatic nitrogens is 3. The van der Waals surface area contributed by atoms with Gasteiger partial charge in [0.2, 0.25) is 0 Å². The fourth-order valence-electron chi connectivity index (χ4n) is 2.22. The van der Waals surface area contributed by atoms with Crippen molar-refractivity contribution in [2.45, 2.75) is 18.9 Å². The number of nitrogen functional groups attached to an aromatic ring is 1. The topological polar surface area (TPSA) is 79.7 Å². The summed E-state index contributed by atoms with van der Waals surface area (Å²) in [5.41, 5.74) is 6.60. The molecule has 3 N–H and O–H groups in total. The Balaban J connectivity index is 2.01. The number of hydrogen-bond acceptors (Lipinski definition) is 5. The summed E-state index contributed by atoms with van der Waals surface area (Å²) in [6.07, 6.45) is 6.69. The molecule has 0 saturated carbocycles. The standard InChI is InChI=1S/C11H15N5O/c12-9-7-16-6-3-13-10(16)11(14-9)15-4-1-8(17)2-5-15/h3,6-8,17H,1-2,4-5,12H2. The minimum atomic E-state index is -0.192. The summed E-state index contributed by atoms with van der Waals surface area (Å²) in [6.45, 7) is 1.58. The second-order valence-corrected chi connectivity index (χ2v) is 4.37. The van der Waals surface area contributed by atoms with Crippen molar-refractivity contribution in [3.8, 4) is 0 Å². The van der Waals surface area contributed by atoms with Crippen molar-refractivity contribution in [1.29, 1.82) is 0 Å². The Hall–Kier alpha value is -1.82. The van der Waals surface area contributed by atoms with Crippen molar-refractivity contribution in [3.63, 3.8) is 0 Å². The maximum atomic E-state index is 9.51. The Labute approximate surface area is 98.7 Å². The number of rotatable bonds is 1. The molecule has 1 aliphatic rings. The zero-order valence-corrected chi connectivity index (χ0v) is 9.45. The van der Waals surface area contributed by atoms with Crippen molar-refractivity contribution < 1.29 is 5.11 Å². The average Bonchev–Trinajstić information content (AvgIpc) is 2.77. The molecule has 6 heteroatoms. The first-order valence-electron chi connectivity index (χ1n) is 5.76. The van der Waals surface area contributed by atoms with Crippen molar-refractivity contribution in [1.82, 2.24) is 14.4 Å². The van der Waals surface area contributed by atoms with Crippen molar-refractivity contribution in [3.05, 3.63) is 18.6 Å². The Bertz CT molecular complexity index is 530. The fourth-order valence-corrected chi connectivity index (χ4v) is 2.22. The van der Waals surface area contributed by atoms with Crippen LogP contribution in [0.15, 0.2) is 18.6 Å². The molecule has 1 saturated heterocycles. The molecule has 6 nitrogen and oxygen atoms in total. The Morgan fingerprint density at radius 2 is 2.12 bits per heavy atom. The van der Waals surface area contributed by atoms with Gasteiger partial charge in [-0.3, -0.25) is 0 Å². The minimum Gasteiger partial charge on any atom is -0.393 e. The van der Waals surface area contributed by atoms with Crippen LogP contribution >= 0.6 is 0 Å². The lowest BCUT2D eigenvalue weighted by atomic mass is 10.1. The van der Waals surface area contributed by atoms with Crippen LogP contribution in [0.1, 0.15) is 12.8 Å². The molecule has 0 aromatic carbocycles. The maximum Gasteiger partial charge on any atom is 0.180 e. The van der Waals surface area contributed by atoms with E-state index in [1.807, 2.05) is 10.6 Å². The van der Waals surface area contributed by atoms with E-state index in [4.69, 9.17) is 5.73 Å². The molecule has 2 aromatic rings. The molecule has 0 spiro atoms. The van der Waals surface area contributed by atoms with Gasteiger partial charge < -0.3 is 20.1 Å². The van der Waals surface area contributed by atoms with Crippen LogP contribution in [-0.4, -0.2) is 38.7 Å². The van der Waals surface area contributed by atoms with Crippen LogP contribution in [0.5, 0.6) is 0 Å². The molecular formula is C11H15N5O. The molecule has 3 rings (SSSR count). The number of piperidine rings is 1. The van der Waals surface area contributed by atoms with E-state index in [-0.39, 0.29) is 6.10 Å². The number of aliphatic hydroxyl groups is 1. The lowest BCUT2D eigenvalue weighted by Gasteiger charge is -2.30. The lowest BCUT2D eigenvalue weighted by molar-refractivity contribution is 0.145.